The monoisotopic (exact) mass is 346 g/mol. The molecule has 3 heteroatoms. The Labute approximate surface area is 154 Å². The summed E-state index contributed by atoms with van der Waals surface area (Å²) >= 11 is 0. The molecular formula is C23H23FN2. The van der Waals surface area contributed by atoms with Crippen molar-refractivity contribution in [2.24, 2.45) is 5.41 Å². The molecule has 2 nitrogen and oxygen atoms in total. The van der Waals surface area contributed by atoms with Gasteiger partial charge in [-0.05, 0) is 73.1 Å². The van der Waals surface area contributed by atoms with Crippen LogP contribution < -0.4 is 0 Å². The lowest BCUT2D eigenvalue weighted by atomic mass is 9.70. The first-order chi connectivity index (χ1) is 12.5. The molecule has 0 aliphatic heterocycles. The topological polar surface area (TPSA) is 17.8 Å². The molecule has 0 saturated heterocycles. The summed E-state index contributed by atoms with van der Waals surface area (Å²) < 4.78 is 15.1. The molecule has 1 heterocycles. The molecule has 0 fully saturated rings. The van der Waals surface area contributed by atoms with Gasteiger partial charge in [-0.2, -0.15) is 5.10 Å². The van der Waals surface area contributed by atoms with Gasteiger partial charge >= 0.3 is 0 Å². The lowest BCUT2D eigenvalue weighted by Gasteiger charge is -2.34. The lowest BCUT2D eigenvalue weighted by Crippen LogP contribution is -2.25. The first-order valence-electron chi connectivity index (χ1n) is 9.11. The summed E-state index contributed by atoms with van der Waals surface area (Å²) in [5, 5.41) is 4.57. The molecule has 1 aliphatic carbocycles. The smallest absolute Gasteiger partial charge is 0.123 e. The van der Waals surface area contributed by atoms with Crippen LogP contribution in [-0.2, 0) is 12.8 Å². The number of nitrogens with zero attached hydrogens (tertiary/aromatic N) is 2. The number of aromatic nitrogens is 2. The molecule has 26 heavy (non-hydrogen) atoms. The van der Waals surface area contributed by atoms with Crippen LogP contribution in [0.5, 0.6) is 0 Å². The fourth-order valence-electron chi connectivity index (χ4n) is 3.76. The Hall–Kier alpha value is -2.68. The van der Waals surface area contributed by atoms with Crippen molar-refractivity contribution in [3.8, 4) is 5.69 Å². The van der Waals surface area contributed by atoms with Gasteiger partial charge in [-0.3, -0.25) is 0 Å². The van der Waals surface area contributed by atoms with Crippen molar-refractivity contribution >= 4 is 6.08 Å². The third-order valence-electron chi connectivity index (χ3n) is 5.65. The van der Waals surface area contributed by atoms with E-state index in [9.17, 15) is 4.39 Å². The molecule has 0 unspecified atom stereocenters. The number of hydrogen-bond acceptors (Lipinski definition) is 1. The normalized spacial score (nSPS) is 19.1. The molecule has 0 bridgehead atoms. The van der Waals surface area contributed by atoms with E-state index in [0.29, 0.717) is 0 Å². The Bertz CT molecular complexity index is 938. The molecule has 0 amide bonds. The van der Waals surface area contributed by atoms with E-state index in [4.69, 9.17) is 0 Å². The first kappa shape index (κ1) is 16.8. The molecule has 1 aliphatic rings. The third-order valence-corrected chi connectivity index (χ3v) is 5.65. The van der Waals surface area contributed by atoms with Gasteiger partial charge in [0.2, 0.25) is 0 Å². The van der Waals surface area contributed by atoms with Crippen LogP contribution in [0.15, 0.2) is 66.4 Å². The highest BCUT2D eigenvalue weighted by molar-refractivity contribution is 5.60. The molecule has 0 saturated carbocycles. The molecule has 132 valence electrons. The van der Waals surface area contributed by atoms with Gasteiger partial charge in [-0.25, -0.2) is 9.07 Å². The van der Waals surface area contributed by atoms with Crippen LogP contribution in [0.1, 0.15) is 37.1 Å². The maximum atomic E-state index is 13.2. The molecule has 0 radical (unpaired) electrons. The van der Waals surface area contributed by atoms with Gasteiger partial charge in [-0.15, -0.1) is 0 Å². The van der Waals surface area contributed by atoms with Gasteiger partial charge < -0.3 is 0 Å². The Morgan fingerprint density at radius 3 is 2.54 bits per heavy atom. The fourth-order valence-corrected chi connectivity index (χ4v) is 3.76. The minimum absolute atomic E-state index is 0.138. The molecule has 0 N–H and O–H groups in total. The van der Waals surface area contributed by atoms with Crippen molar-refractivity contribution in [3.63, 3.8) is 0 Å². The second-order valence-corrected chi connectivity index (χ2v) is 7.49. The number of halogens is 1. The molecule has 0 spiro atoms. The number of rotatable bonds is 4. The predicted octanol–water partition coefficient (Wildman–Crippen LogP) is 5.61. The zero-order chi connectivity index (χ0) is 18.1. The minimum Gasteiger partial charge on any atom is -0.233 e. The SMILES string of the molecule is CC1=Cc2c(cnn2-c2ccc(F)cc2)C[C@@]1(C)CCc1ccccc1. The Balaban J connectivity index is 1.60. The van der Waals surface area contributed by atoms with E-state index in [1.54, 1.807) is 12.1 Å². The van der Waals surface area contributed by atoms with Crippen LogP contribution in [-0.4, -0.2) is 9.78 Å². The number of aryl methyl sites for hydroxylation is 1. The average Bonchev–Trinajstić information content (AvgIpc) is 3.04. The first-order valence-corrected chi connectivity index (χ1v) is 9.11. The van der Waals surface area contributed by atoms with Crippen molar-refractivity contribution in [1.29, 1.82) is 0 Å². The van der Waals surface area contributed by atoms with E-state index in [-0.39, 0.29) is 11.2 Å². The number of benzene rings is 2. The average molecular weight is 346 g/mol. The molecule has 3 aromatic rings. The van der Waals surface area contributed by atoms with Crippen molar-refractivity contribution in [3.05, 3.63) is 89.0 Å². The van der Waals surface area contributed by atoms with Gasteiger partial charge in [-0.1, -0.05) is 42.8 Å². The summed E-state index contributed by atoms with van der Waals surface area (Å²) in [5.74, 6) is -0.227. The number of hydrogen-bond donors (Lipinski definition) is 0. The van der Waals surface area contributed by atoms with E-state index in [1.165, 1.54) is 28.8 Å². The second kappa shape index (κ2) is 6.56. The van der Waals surface area contributed by atoms with Gasteiger partial charge in [0, 0.05) is 0 Å². The molecule has 1 atom stereocenters. The predicted molar refractivity (Wildman–Crippen MR) is 104 cm³/mol. The van der Waals surface area contributed by atoms with E-state index in [2.05, 4.69) is 55.4 Å². The molecule has 2 aromatic carbocycles. The Morgan fingerprint density at radius 2 is 1.81 bits per heavy atom. The number of allylic oxidation sites excluding steroid dienone is 1. The van der Waals surface area contributed by atoms with Crippen LogP contribution in [0.25, 0.3) is 11.8 Å². The van der Waals surface area contributed by atoms with Crippen molar-refractivity contribution in [2.45, 2.75) is 33.1 Å². The zero-order valence-electron chi connectivity index (χ0n) is 15.2. The number of fused-ring (bicyclic) bond motifs is 1. The summed E-state index contributed by atoms with van der Waals surface area (Å²) in [6, 6.07) is 17.2. The summed E-state index contributed by atoms with van der Waals surface area (Å²) in [5.41, 5.74) is 6.17. The highest BCUT2D eigenvalue weighted by Gasteiger charge is 2.32. The Morgan fingerprint density at radius 1 is 1.08 bits per heavy atom. The highest BCUT2D eigenvalue weighted by atomic mass is 19.1. The third kappa shape index (κ3) is 3.10. The summed E-state index contributed by atoms with van der Waals surface area (Å²) in [4.78, 5) is 0. The lowest BCUT2D eigenvalue weighted by molar-refractivity contribution is 0.360. The van der Waals surface area contributed by atoms with Crippen molar-refractivity contribution in [2.75, 3.05) is 0 Å². The maximum Gasteiger partial charge on any atom is 0.123 e. The zero-order valence-corrected chi connectivity index (χ0v) is 15.2. The van der Waals surface area contributed by atoms with Gasteiger partial charge in [0.1, 0.15) is 5.82 Å². The van der Waals surface area contributed by atoms with Crippen molar-refractivity contribution < 1.29 is 4.39 Å². The Kier molecular flexibility index (Phi) is 4.23. The molecule has 1 aromatic heterocycles. The largest absolute Gasteiger partial charge is 0.233 e. The fraction of sp³-hybridized carbons (Fsp3) is 0.261. The van der Waals surface area contributed by atoms with Crippen LogP contribution >= 0.6 is 0 Å². The van der Waals surface area contributed by atoms with E-state index in [1.807, 2.05) is 10.9 Å². The molecular weight excluding hydrogens is 323 g/mol. The van der Waals surface area contributed by atoms with Gasteiger partial charge in [0.05, 0.1) is 17.6 Å². The van der Waals surface area contributed by atoms with Gasteiger partial charge in [0.15, 0.2) is 0 Å². The van der Waals surface area contributed by atoms with Gasteiger partial charge in [0.25, 0.3) is 0 Å². The van der Waals surface area contributed by atoms with Crippen LogP contribution in [0.4, 0.5) is 4.39 Å². The standard InChI is InChI=1S/C23H23FN2/c1-17-14-22-19(16-25-26(22)21-10-8-20(24)9-11-21)15-23(17,2)13-12-18-6-4-3-5-7-18/h3-11,14,16H,12-13,15H2,1-2H3/t23-/m1/s1. The summed E-state index contributed by atoms with van der Waals surface area (Å²) in [6.07, 6.45) is 7.38. The van der Waals surface area contributed by atoms with Crippen LogP contribution in [0.2, 0.25) is 0 Å². The highest BCUT2D eigenvalue weighted by Crippen LogP contribution is 2.42. The van der Waals surface area contributed by atoms with E-state index < -0.39 is 0 Å². The minimum atomic E-state index is -0.227. The van der Waals surface area contributed by atoms with Crippen LogP contribution in [0, 0.1) is 11.2 Å². The summed E-state index contributed by atoms with van der Waals surface area (Å²) in [7, 11) is 0. The summed E-state index contributed by atoms with van der Waals surface area (Å²) in [6.45, 7) is 4.57. The van der Waals surface area contributed by atoms with Crippen LogP contribution in [0.3, 0.4) is 0 Å². The molecule has 4 rings (SSSR count). The van der Waals surface area contributed by atoms with Crippen molar-refractivity contribution in [1.82, 2.24) is 9.78 Å². The van der Waals surface area contributed by atoms with E-state index >= 15 is 0 Å². The quantitative estimate of drug-likeness (QED) is 0.600. The van der Waals surface area contributed by atoms with E-state index in [0.717, 1.165) is 30.6 Å². The second-order valence-electron chi connectivity index (χ2n) is 7.49. The maximum absolute atomic E-state index is 13.2.